The van der Waals surface area contributed by atoms with E-state index in [1.165, 1.54) is 6.07 Å². The van der Waals surface area contributed by atoms with E-state index in [0.29, 0.717) is 30.2 Å². The molecule has 0 saturated carbocycles. The summed E-state index contributed by atoms with van der Waals surface area (Å²) < 4.78 is 17.0. The molecular weight excluding hydrogens is 376 g/mol. The summed E-state index contributed by atoms with van der Waals surface area (Å²) in [5.74, 6) is -0.239. The number of carboxylic acid groups (broad SMARTS) is 1. The first-order valence-corrected chi connectivity index (χ1v) is 9.51. The van der Waals surface area contributed by atoms with Gasteiger partial charge in [0.2, 0.25) is 11.8 Å². The van der Waals surface area contributed by atoms with Crippen molar-refractivity contribution in [3.05, 3.63) is 36.2 Å². The van der Waals surface area contributed by atoms with Crippen LogP contribution in [0.4, 0.5) is 5.95 Å². The number of hydrogen-bond acceptors (Lipinski definition) is 8. The highest BCUT2D eigenvalue weighted by Gasteiger charge is 2.17. The van der Waals surface area contributed by atoms with Crippen LogP contribution in [0, 0.1) is 0 Å². The average Bonchev–Trinajstić information content (AvgIpc) is 3.19. The summed E-state index contributed by atoms with van der Waals surface area (Å²) in [6, 6.07) is 4.81. The van der Waals surface area contributed by atoms with E-state index in [2.05, 4.69) is 15.0 Å². The number of likely N-dealkylation sites (N-methyl/N-ethyl adjacent to an activating group) is 1. The Balaban J connectivity index is 1.41. The van der Waals surface area contributed by atoms with E-state index in [1.54, 1.807) is 24.5 Å². The van der Waals surface area contributed by atoms with E-state index in [9.17, 15) is 9.90 Å². The Labute approximate surface area is 167 Å². The van der Waals surface area contributed by atoms with Gasteiger partial charge in [-0.25, -0.2) is 19.7 Å². The Morgan fingerprint density at radius 1 is 1.31 bits per heavy atom. The van der Waals surface area contributed by atoms with Crippen molar-refractivity contribution in [2.24, 2.45) is 0 Å². The van der Waals surface area contributed by atoms with E-state index in [4.69, 9.17) is 13.9 Å². The van der Waals surface area contributed by atoms with Gasteiger partial charge in [0.1, 0.15) is 11.1 Å². The zero-order valence-electron chi connectivity index (χ0n) is 16.1. The summed E-state index contributed by atoms with van der Waals surface area (Å²) in [6.07, 6.45) is 6.26. The molecule has 0 spiro atoms. The predicted octanol–water partition coefficient (Wildman–Crippen LogP) is 2.96. The third-order valence-electron chi connectivity index (χ3n) is 4.74. The lowest BCUT2D eigenvalue weighted by molar-refractivity contribution is -0.160. The number of hydrogen-bond donors (Lipinski definition) is 1. The van der Waals surface area contributed by atoms with Gasteiger partial charge < -0.3 is 23.9 Å². The zero-order valence-corrected chi connectivity index (χ0v) is 16.1. The van der Waals surface area contributed by atoms with Crippen molar-refractivity contribution in [1.82, 2.24) is 15.0 Å². The number of fused-ring (bicyclic) bond motifs is 1. The lowest BCUT2D eigenvalue weighted by atomic mass is 10.2. The van der Waals surface area contributed by atoms with E-state index in [1.807, 2.05) is 11.9 Å². The number of carboxylic acids is 1. The van der Waals surface area contributed by atoms with Gasteiger partial charge >= 0.3 is 5.97 Å². The number of oxazole rings is 1. The minimum absolute atomic E-state index is 0.0699. The van der Waals surface area contributed by atoms with Gasteiger partial charge in [0, 0.05) is 32.6 Å². The molecule has 1 atom stereocenters. The zero-order chi connectivity index (χ0) is 20.2. The molecule has 3 heterocycles. The highest BCUT2D eigenvalue weighted by Crippen LogP contribution is 2.26. The second-order valence-corrected chi connectivity index (χ2v) is 6.84. The molecule has 1 aliphatic heterocycles. The van der Waals surface area contributed by atoms with Gasteiger partial charge in [0.15, 0.2) is 11.9 Å². The van der Waals surface area contributed by atoms with Crippen LogP contribution in [0.3, 0.4) is 0 Å². The van der Waals surface area contributed by atoms with Gasteiger partial charge in [0.25, 0.3) is 0 Å². The Bertz CT molecular complexity index is 982. The lowest BCUT2D eigenvalue weighted by Gasteiger charge is -2.24. The number of aromatic nitrogens is 3. The molecular formula is C20H22N4O5. The van der Waals surface area contributed by atoms with Gasteiger partial charge in [-0.15, -0.1) is 0 Å². The van der Waals surface area contributed by atoms with Crippen molar-refractivity contribution in [3.8, 4) is 11.5 Å². The van der Waals surface area contributed by atoms with E-state index < -0.39 is 5.97 Å². The maximum Gasteiger partial charge on any atom is 0.339 e. The standard InChI is InChI=1S/C20H22N4O5/c1-24(8-10-28-16-7-2-3-9-27-16)20-21-11-13(12-22-20)18-23-15-6-4-5-14(19(25)26)17(15)29-18/h4-6,11-12,16H,2-3,7-10H2,1H3,(H,25,26). The Kier molecular flexibility index (Phi) is 5.68. The Hall–Kier alpha value is -3.04. The quantitative estimate of drug-likeness (QED) is 0.642. The summed E-state index contributed by atoms with van der Waals surface area (Å²) in [7, 11) is 1.89. The maximum absolute atomic E-state index is 11.3. The molecule has 1 fully saturated rings. The predicted molar refractivity (Wildman–Crippen MR) is 105 cm³/mol. The summed E-state index contributed by atoms with van der Waals surface area (Å²) in [4.78, 5) is 26.3. The number of anilines is 1. The summed E-state index contributed by atoms with van der Waals surface area (Å²) >= 11 is 0. The largest absolute Gasteiger partial charge is 0.478 e. The number of benzene rings is 1. The van der Waals surface area contributed by atoms with Crippen LogP contribution in [0.1, 0.15) is 29.6 Å². The maximum atomic E-state index is 11.3. The highest BCUT2D eigenvalue weighted by molar-refractivity contribution is 6.00. The molecule has 0 bridgehead atoms. The van der Waals surface area contributed by atoms with Crippen LogP contribution in [0.15, 0.2) is 35.0 Å². The molecule has 152 valence electrons. The first-order chi connectivity index (χ1) is 14.1. The van der Waals surface area contributed by atoms with Crippen LogP contribution in [-0.2, 0) is 9.47 Å². The molecule has 1 aromatic carbocycles. The van der Waals surface area contributed by atoms with Gasteiger partial charge in [-0.3, -0.25) is 0 Å². The first kappa shape index (κ1) is 19.3. The van der Waals surface area contributed by atoms with Gasteiger partial charge in [-0.1, -0.05) is 6.07 Å². The van der Waals surface area contributed by atoms with Gasteiger partial charge in [-0.2, -0.15) is 0 Å². The fraction of sp³-hybridized carbons (Fsp3) is 0.400. The van der Waals surface area contributed by atoms with E-state index in [-0.39, 0.29) is 23.3 Å². The third-order valence-corrected chi connectivity index (χ3v) is 4.74. The Morgan fingerprint density at radius 3 is 2.86 bits per heavy atom. The fourth-order valence-corrected chi connectivity index (χ4v) is 3.13. The number of para-hydroxylation sites is 1. The van der Waals surface area contributed by atoms with Crippen LogP contribution in [0.2, 0.25) is 0 Å². The minimum atomic E-state index is -1.06. The molecule has 0 radical (unpaired) electrons. The molecule has 1 saturated heterocycles. The number of ether oxygens (including phenoxy) is 2. The van der Waals surface area contributed by atoms with Gasteiger partial charge in [0.05, 0.1) is 12.2 Å². The van der Waals surface area contributed by atoms with E-state index >= 15 is 0 Å². The van der Waals surface area contributed by atoms with Crippen molar-refractivity contribution in [2.45, 2.75) is 25.6 Å². The topological polar surface area (TPSA) is 111 Å². The average molecular weight is 398 g/mol. The van der Waals surface area contributed by atoms with Crippen molar-refractivity contribution in [3.63, 3.8) is 0 Å². The molecule has 4 rings (SSSR count). The molecule has 1 aliphatic rings. The van der Waals surface area contributed by atoms with Crippen LogP contribution >= 0.6 is 0 Å². The number of nitrogens with zero attached hydrogens (tertiary/aromatic N) is 4. The highest BCUT2D eigenvalue weighted by atomic mass is 16.7. The number of aromatic carboxylic acids is 1. The summed E-state index contributed by atoms with van der Waals surface area (Å²) in [5, 5.41) is 9.28. The van der Waals surface area contributed by atoms with Crippen molar-refractivity contribution >= 4 is 23.0 Å². The molecule has 2 aromatic heterocycles. The van der Waals surface area contributed by atoms with E-state index in [0.717, 1.165) is 25.9 Å². The van der Waals surface area contributed by atoms with Crippen LogP contribution in [-0.4, -0.2) is 59.1 Å². The summed E-state index contributed by atoms with van der Waals surface area (Å²) in [6.45, 7) is 1.91. The normalized spacial score (nSPS) is 16.8. The second-order valence-electron chi connectivity index (χ2n) is 6.84. The fourth-order valence-electron chi connectivity index (χ4n) is 3.13. The minimum Gasteiger partial charge on any atom is -0.478 e. The molecule has 0 amide bonds. The van der Waals surface area contributed by atoms with Crippen LogP contribution in [0.5, 0.6) is 0 Å². The molecule has 3 aromatic rings. The molecule has 29 heavy (non-hydrogen) atoms. The van der Waals surface area contributed by atoms with Gasteiger partial charge in [-0.05, 0) is 31.4 Å². The van der Waals surface area contributed by atoms with Crippen LogP contribution < -0.4 is 4.90 Å². The third kappa shape index (κ3) is 4.36. The monoisotopic (exact) mass is 398 g/mol. The number of carbonyl (C=O) groups is 1. The van der Waals surface area contributed by atoms with Crippen molar-refractivity contribution < 1.29 is 23.8 Å². The number of rotatable bonds is 7. The molecule has 1 unspecified atom stereocenters. The molecule has 0 aliphatic carbocycles. The van der Waals surface area contributed by atoms with Crippen molar-refractivity contribution in [2.75, 3.05) is 31.7 Å². The molecule has 9 heteroatoms. The SMILES string of the molecule is CN(CCOC1CCCCO1)c1ncc(-c2nc3cccc(C(=O)O)c3o2)cn1. The smallest absolute Gasteiger partial charge is 0.339 e. The second kappa shape index (κ2) is 8.54. The molecule has 9 nitrogen and oxygen atoms in total. The van der Waals surface area contributed by atoms with Crippen LogP contribution in [0.25, 0.3) is 22.6 Å². The summed E-state index contributed by atoms with van der Waals surface area (Å²) in [5.41, 5.74) is 1.35. The first-order valence-electron chi connectivity index (χ1n) is 9.51. The van der Waals surface area contributed by atoms with Crippen molar-refractivity contribution in [1.29, 1.82) is 0 Å². The Morgan fingerprint density at radius 2 is 2.14 bits per heavy atom. The lowest BCUT2D eigenvalue weighted by Crippen LogP contribution is -2.29. The molecule has 1 N–H and O–H groups in total.